The summed E-state index contributed by atoms with van der Waals surface area (Å²) in [5.41, 5.74) is 1.13. The molecule has 0 saturated heterocycles. The number of benzene rings is 1. The first-order chi connectivity index (χ1) is 5.25. The number of hydrogen-bond donors (Lipinski definition) is 2. The smallest absolute Gasteiger partial charge is 0.251 e. The summed E-state index contributed by atoms with van der Waals surface area (Å²) in [4.78, 5) is 0.176. The normalized spacial score (nSPS) is 10.6. The molecule has 1 aromatic carbocycles. The second-order valence-corrected chi connectivity index (χ2v) is 2.15. The van der Waals surface area contributed by atoms with Crippen molar-refractivity contribution in [2.45, 2.75) is 6.92 Å². The maximum absolute atomic E-state index is 10.7. The van der Waals surface area contributed by atoms with Gasteiger partial charge in [0, 0.05) is 11.6 Å². The van der Waals surface area contributed by atoms with Crippen LogP contribution >= 0.6 is 0 Å². The van der Waals surface area contributed by atoms with E-state index in [1.165, 1.54) is 0 Å². The van der Waals surface area contributed by atoms with Gasteiger partial charge in [0.1, 0.15) is 0 Å². The number of hydrogen-bond acceptors (Lipinski definition) is 3. The first-order valence-electron chi connectivity index (χ1n) is 3.13. The molecule has 1 aromatic rings. The molecule has 0 unspecified atom stereocenters. The summed E-state index contributed by atoms with van der Waals surface area (Å²) in [6, 6.07) is 6.87. The van der Waals surface area contributed by atoms with Crippen molar-refractivity contribution in [1.82, 2.24) is 6.15 Å². The van der Waals surface area contributed by atoms with Gasteiger partial charge in [-0.15, -0.1) is 0 Å². The van der Waals surface area contributed by atoms with Crippen LogP contribution in [-0.4, -0.2) is 10.1 Å². The van der Waals surface area contributed by atoms with Gasteiger partial charge in [0.25, 0.3) is 5.69 Å². The summed E-state index contributed by atoms with van der Waals surface area (Å²) in [6.45, 7) is 1.77. The average molecular weight is 169 g/mol. The van der Waals surface area contributed by atoms with E-state index in [0.717, 1.165) is 5.56 Å². The molecule has 0 aliphatic heterocycles. The van der Waals surface area contributed by atoms with E-state index in [2.05, 4.69) is 5.28 Å². The van der Waals surface area contributed by atoms with Crippen molar-refractivity contribution in [1.29, 1.82) is 0 Å². The van der Waals surface area contributed by atoms with E-state index in [0.29, 0.717) is 5.69 Å². The number of para-hydroxylation sites is 1. The number of nitrogens with zero attached hydrogens (tertiary/aromatic N) is 2. The van der Waals surface area contributed by atoms with E-state index in [1.54, 1.807) is 25.1 Å². The van der Waals surface area contributed by atoms with Gasteiger partial charge in [-0.2, -0.15) is 0 Å². The second kappa shape index (κ2) is 4.30. The van der Waals surface area contributed by atoms with Crippen molar-refractivity contribution < 1.29 is 10.1 Å². The Morgan fingerprint density at radius 3 is 2.50 bits per heavy atom. The molecule has 5 heteroatoms. The fraction of sp³-hybridized carbons (Fsp3) is 0.143. The van der Waals surface area contributed by atoms with E-state index < -0.39 is 0 Å². The summed E-state index contributed by atoms with van der Waals surface area (Å²) >= 11 is 0. The van der Waals surface area contributed by atoms with E-state index in [-0.39, 0.29) is 11.0 Å². The standard InChI is InChI=1S/C7H8N2O2.H3N/c1-6-4-2-3-5-7(6)9(11)8-10;/h2-5,10H,1H3;1H3/b9-8-;. The lowest BCUT2D eigenvalue weighted by atomic mass is 10.2. The van der Waals surface area contributed by atoms with Gasteiger partial charge in [0.2, 0.25) is 5.28 Å². The zero-order valence-electron chi connectivity index (χ0n) is 6.77. The molecule has 0 saturated carbocycles. The molecule has 0 atom stereocenters. The minimum absolute atomic E-state index is 0. The van der Waals surface area contributed by atoms with E-state index in [4.69, 9.17) is 5.21 Å². The van der Waals surface area contributed by atoms with E-state index in [1.807, 2.05) is 6.07 Å². The summed E-state index contributed by atoms with van der Waals surface area (Å²) in [5.74, 6) is 0. The lowest BCUT2D eigenvalue weighted by Gasteiger charge is -1.98. The minimum atomic E-state index is 0. The zero-order chi connectivity index (χ0) is 8.27. The first-order valence-corrected chi connectivity index (χ1v) is 3.13. The molecule has 1 rings (SSSR count). The number of aryl methyl sites for hydroxylation is 1. The molecular formula is C7H11N3O2. The predicted octanol–water partition coefficient (Wildman–Crippen LogP) is 2.14. The highest BCUT2D eigenvalue weighted by molar-refractivity contribution is 5.38. The van der Waals surface area contributed by atoms with Crippen LogP contribution in [0.1, 0.15) is 5.56 Å². The molecule has 0 spiro atoms. The molecule has 0 aromatic heterocycles. The third-order valence-electron chi connectivity index (χ3n) is 1.40. The molecule has 4 N–H and O–H groups in total. The van der Waals surface area contributed by atoms with Gasteiger partial charge < -0.3 is 16.6 Å². The minimum Gasteiger partial charge on any atom is -0.592 e. The third kappa shape index (κ3) is 1.93. The Labute approximate surface area is 70.1 Å². The highest BCUT2D eigenvalue weighted by atomic mass is 16.6. The Morgan fingerprint density at radius 2 is 2.00 bits per heavy atom. The van der Waals surface area contributed by atoms with Gasteiger partial charge in [0.15, 0.2) is 0 Å². The largest absolute Gasteiger partial charge is 0.592 e. The monoisotopic (exact) mass is 169 g/mol. The van der Waals surface area contributed by atoms with Crippen LogP contribution in [0.4, 0.5) is 5.69 Å². The van der Waals surface area contributed by atoms with Crippen molar-refractivity contribution in [3.8, 4) is 0 Å². The molecule has 12 heavy (non-hydrogen) atoms. The van der Waals surface area contributed by atoms with Gasteiger partial charge in [0.05, 0.1) is 0 Å². The lowest BCUT2D eigenvalue weighted by molar-refractivity contribution is -0.474. The van der Waals surface area contributed by atoms with Crippen LogP contribution in [0, 0.1) is 12.1 Å². The Morgan fingerprint density at radius 1 is 1.42 bits per heavy atom. The molecule has 0 aliphatic carbocycles. The van der Waals surface area contributed by atoms with Gasteiger partial charge in [-0.25, -0.2) is 0 Å². The molecule has 0 heterocycles. The Balaban J connectivity index is 0.00000121. The second-order valence-electron chi connectivity index (χ2n) is 2.15. The molecule has 0 bridgehead atoms. The molecule has 0 radical (unpaired) electrons. The van der Waals surface area contributed by atoms with Gasteiger partial charge >= 0.3 is 0 Å². The quantitative estimate of drug-likeness (QED) is 0.383. The Bertz CT molecular complexity index is 286. The van der Waals surface area contributed by atoms with Crippen LogP contribution in [0.25, 0.3) is 0 Å². The zero-order valence-corrected chi connectivity index (χ0v) is 6.77. The van der Waals surface area contributed by atoms with Gasteiger partial charge in [-0.05, 0) is 11.8 Å². The summed E-state index contributed by atoms with van der Waals surface area (Å²) in [6.07, 6.45) is 0. The van der Waals surface area contributed by atoms with E-state index in [9.17, 15) is 5.21 Å². The average Bonchev–Trinajstić information content (AvgIpc) is 2.04. The van der Waals surface area contributed by atoms with Gasteiger partial charge in [-0.3, -0.25) is 0 Å². The number of rotatable bonds is 1. The van der Waals surface area contributed by atoms with Crippen LogP contribution in [0.2, 0.25) is 0 Å². The topological polar surface area (TPSA) is 93.7 Å². The summed E-state index contributed by atoms with van der Waals surface area (Å²) in [7, 11) is 0. The Kier molecular flexibility index (Phi) is 3.72. The SMILES string of the molecule is Cc1ccccc1/[N+]([O-])=N/O.N. The van der Waals surface area contributed by atoms with Crippen LogP contribution in [-0.2, 0) is 0 Å². The van der Waals surface area contributed by atoms with Crippen molar-refractivity contribution in [2.24, 2.45) is 5.28 Å². The fourth-order valence-corrected chi connectivity index (χ4v) is 0.826. The molecule has 0 fully saturated rings. The molecule has 66 valence electrons. The molecule has 5 nitrogen and oxygen atoms in total. The first kappa shape index (κ1) is 10.4. The summed E-state index contributed by atoms with van der Waals surface area (Å²) in [5, 5.41) is 21.4. The highest BCUT2D eigenvalue weighted by Crippen LogP contribution is 2.15. The molecule has 0 aliphatic rings. The van der Waals surface area contributed by atoms with Crippen LogP contribution < -0.4 is 6.15 Å². The highest BCUT2D eigenvalue weighted by Gasteiger charge is 2.05. The van der Waals surface area contributed by atoms with Crippen LogP contribution in [0.5, 0.6) is 0 Å². The van der Waals surface area contributed by atoms with Gasteiger partial charge in [-0.1, -0.05) is 18.2 Å². The lowest BCUT2D eigenvalue weighted by Crippen LogP contribution is -1.92. The Hall–Kier alpha value is -1.62. The van der Waals surface area contributed by atoms with Crippen LogP contribution in [0.15, 0.2) is 29.5 Å². The van der Waals surface area contributed by atoms with Crippen molar-refractivity contribution in [3.63, 3.8) is 0 Å². The third-order valence-corrected chi connectivity index (χ3v) is 1.40. The maximum Gasteiger partial charge on any atom is 0.251 e. The molecular weight excluding hydrogens is 158 g/mol. The fourth-order valence-electron chi connectivity index (χ4n) is 0.826. The molecule has 0 amide bonds. The maximum atomic E-state index is 10.7. The van der Waals surface area contributed by atoms with E-state index >= 15 is 0 Å². The van der Waals surface area contributed by atoms with Crippen LogP contribution in [0.3, 0.4) is 0 Å². The van der Waals surface area contributed by atoms with Crippen molar-refractivity contribution >= 4 is 5.69 Å². The van der Waals surface area contributed by atoms with Crippen molar-refractivity contribution in [2.75, 3.05) is 0 Å². The summed E-state index contributed by atoms with van der Waals surface area (Å²) < 4.78 is 0. The van der Waals surface area contributed by atoms with Crippen molar-refractivity contribution in [3.05, 3.63) is 35.0 Å². The predicted molar refractivity (Wildman–Crippen MR) is 43.7 cm³/mol.